The number of pyridine rings is 1. The van der Waals surface area contributed by atoms with Gasteiger partial charge in [0.05, 0.1) is 10.1 Å². The van der Waals surface area contributed by atoms with Crippen molar-refractivity contribution >= 4 is 15.7 Å². The monoisotopic (exact) mass is 330 g/mol. The van der Waals surface area contributed by atoms with Gasteiger partial charge in [-0.05, 0) is 37.1 Å². The first-order valence-electron chi connectivity index (χ1n) is 7.57. The fourth-order valence-electron chi connectivity index (χ4n) is 2.85. The van der Waals surface area contributed by atoms with E-state index in [1.165, 1.54) is 0 Å². The maximum absolute atomic E-state index is 12.6. The standard InChI is InChI=1S/C17H18N2O3S/c20-17(14-6-10-18-11-7-14)19-12-8-16(9-13-19)23(21,22)15-4-2-1-3-5-15/h1-7,10-11,16H,8-9,12-13H2. The molecule has 0 bridgehead atoms. The minimum atomic E-state index is -3.32. The Labute approximate surface area is 135 Å². The number of carbonyl (C=O) groups is 1. The molecule has 0 radical (unpaired) electrons. The minimum Gasteiger partial charge on any atom is -0.339 e. The number of sulfone groups is 1. The van der Waals surface area contributed by atoms with Crippen LogP contribution in [-0.4, -0.2) is 42.5 Å². The van der Waals surface area contributed by atoms with Crippen molar-refractivity contribution in [3.05, 3.63) is 60.4 Å². The molecule has 23 heavy (non-hydrogen) atoms. The molecule has 1 aliphatic rings. The maximum atomic E-state index is 12.6. The number of nitrogens with zero attached hydrogens (tertiary/aromatic N) is 2. The minimum absolute atomic E-state index is 0.0667. The molecule has 2 heterocycles. The van der Waals surface area contributed by atoms with Gasteiger partial charge < -0.3 is 4.90 Å². The highest BCUT2D eigenvalue weighted by Crippen LogP contribution is 2.25. The Kier molecular flexibility index (Phi) is 4.43. The van der Waals surface area contributed by atoms with Gasteiger partial charge in [0.15, 0.2) is 9.84 Å². The number of aromatic nitrogens is 1. The number of likely N-dealkylation sites (tertiary alicyclic amines) is 1. The van der Waals surface area contributed by atoms with Crippen LogP contribution in [0.15, 0.2) is 59.8 Å². The molecule has 0 N–H and O–H groups in total. The molecule has 0 saturated carbocycles. The predicted octanol–water partition coefficient (Wildman–Crippen LogP) is 2.16. The molecule has 6 heteroatoms. The molecule has 5 nitrogen and oxygen atoms in total. The van der Waals surface area contributed by atoms with Crippen LogP contribution in [0.25, 0.3) is 0 Å². The molecule has 0 spiro atoms. The van der Waals surface area contributed by atoms with Crippen LogP contribution in [-0.2, 0) is 9.84 Å². The fraction of sp³-hybridized carbons (Fsp3) is 0.294. The van der Waals surface area contributed by atoms with E-state index in [4.69, 9.17) is 0 Å². The molecule has 3 rings (SSSR count). The van der Waals surface area contributed by atoms with Crippen LogP contribution in [0.3, 0.4) is 0 Å². The molecular formula is C17H18N2O3S. The van der Waals surface area contributed by atoms with E-state index in [1.54, 1.807) is 59.8 Å². The summed E-state index contributed by atoms with van der Waals surface area (Å²) in [7, 11) is -3.32. The van der Waals surface area contributed by atoms with E-state index in [-0.39, 0.29) is 5.91 Å². The second kappa shape index (κ2) is 6.50. The van der Waals surface area contributed by atoms with Crippen molar-refractivity contribution < 1.29 is 13.2 Å². The van der Waals surface area contributed by atoms with Gasteiger partial charge in [-0.2, -0.15) is 0 Å². The lowest BCUT2D eigenvalue weighted by Crippen LogP contribution is -2.42. The SMILES string of the molecule is O=C(c1ccncc1)N1CCC(S(=O)(=O)c2ccccc2)CC1. The average Bonchev–Trinajstić information content (AvgIpc) is 2.63. The third-order valence-electron chi connectivity index (χ3n) is 4.17. The van der Waals surface area contributed by atoms with Crippen LogP contribution < -0.4 is 0 Å². The molecule has 0 aliphatic carbocycles. The normalized spacial score (nSPS) is 16.3. The molecule has 2 aromatic rings. The number of carbonyl (C=O) groups excluding carboxylic acids is 1. The number of hydrogen-bond acceptors (Lipinski definition) is 4. The third kappa shape index (κ3) is 3.27. The maximum Gasteiger partial charge on any atom is 0.253 e. The molecular weight excluding hydrogens is 312 g/mol. The Morgan fingerprint density at radius 1 is 1.00 bits per heavy atom. The molecule has 1 saturated heterocycles. The van der Waals surface area contributed by atoms with Crippen LogP contribution in [0.5, 0.6) is 0 Å². The number of rotatable bonds is 3. The van der Waals surface area contributed by atoms with Crippen LogP contribution in [0.2, 0.25) is 0 Å². The van der Waals surface area contributed by atoms with Gasteiger partial charge in [-0.3, -0.25) is 9.78 Å². The van der Waals surface area contributed by atoms with Crippen molar-refractivity contribution in [2.75, 3.05) is 13.1 Å². The fourth-order valence-corrected chi connectivity index (χ4v) is 4.60. The Hall–Kier alpha value is -2.21. The first-order chi connectivity index (χ1) is 11.1. The molecule has 1 aromatic heterocycles. The van der Waals surface area contributed by atoms with Crippen molar-refractivity contribution in [1.29, 1.82) is 0 Å². The largest absolute Gasteiger partial charge is 0.339 e. The summed E-state index contributed by atoms with van der Waals surface area (Å²) in [5.74, 6) is -0.0667. The molecule has 0 unspecified atom stereocenters. The molecule has 1 amide bonds. The Balaban J connectivity index is 1.68. The van der Waals surface area contributed by atoms with Crippen molar-refractivity contribution in [2.45, 2.75) is 23.0 Å². The molecule has 1 fully saturated rings. The van der Waals surface area contributed by atoms with Crippen LogP contribution in [0.4, 0.5) is 0 Å². The summed E-state index contributed by atoms with van der Waals surface area (Å²) in [5, 5.41) is -0.425. The van der Waals surface area contributed by atoms with Gasteiger partial charge in [-0.1, -0.05) is 18.2 Å². The number of benzene rings is 1. The van der Waals surface area contributed by atoms with Gasteiger partial charge in [0.25, 0.3) is 5.91 Å². The summed E-state index contributed by atoms with van der Waals surface area (Å²) in [6.45, 7) is 0.912. The Bertz CT molecular complexity index is 768. The highest BCUT2D eigenvalue weighted by Gasteiger charge is 2.32. The van der Waals surface area contributed by atoms with Crippen molar-refractivity contribution in [3.63, 3.8) is 0 Å². The van der Waals surface area contributed by atoms with Crippen LogP contribution in [0, 0.1) is 0 Å². The number of hydrogen-bond donors (Lipinski definition) is 0. The van der Waals surface area contributed by atoms with E-state index in [0.29, 0.717) is 36.4 Å². The first-order valence-corrected chi connectivity index (χ1v) is 9.12. The van der Waals surface area contributed by atoms with Crippen molar-refractivity contribution in [2.24, 2.45) is 0 Å². The predicted molar refractivity (Wildman–Crippen MR) is 86.8 cm³/mol. The Morgan fingerprint density at radius 2 is 1.61 bits per heavy atom. The smallest absolute Gasteiger partial charge is 0.253 e. The second-order valence-electron chi connectivity index (χ2n) is 5.59. The lowest BCUT2D eigenvalue weighted by atomic mass is 10.1. The summed E-state index contributed by atoms with van der Waals surface area (Å²) in [6, 6.07) is 11.9. The lowest BCUT2D eigenvalue weighted by Gasteiger charge is -2.31. The van der Waals surface area contributed by atoms with Crippen LogP contribution in [0.1, 0.15) is 23.2 Å². The van der Waals surface area contributed by atoms with Gasteiger partial charge in [0, 0.05) is 31.0 Å². The van der Waals surface area contributed by atoms with Crippen molar-refractivity contribution in [3.8, 4) is 0 Å². The van der Waals surface area contributed by atoms with E-state index < -0.39 is 15.1 Å². The van der Waals surface area contributed by atoms with Gasteiger partial charge in [0.1, 0.15) is 0 Å². The van der Waals surface area contributed by atoms with Gasteiger partial charge in [-0.15, -0.1) is 0 Å². The van der Waals surface area contributed by atoms with Gasteiger partial charge in [-0.25, -0.2) is 8.42 Å². The lowest BCUT2D eigenvalue weighted by molar-refractivity contribution is 0.0725. The highest BCUT2D eigenvalue weighted by molar-refractivity contribution is 7.92. The molecule has 1 aromatic carbocycles. The van der Waals surface area contributed by atoms with Crippen molar-refractivity contribution in [1.82, 2.24) is 9.88 Å². The summed E-state index contributed by atoms with van der Waals surface area (Å²) >= 11 is 0. The third-order valence-corrected chi connectivity index (χ3v) is 6.45. The molecule has 0 atom stereocenters. The highest BCUT2D eigenvalue weighted by atomic mass is 32.2. The zero-order valence-electron chi connectivity index (χ0n) is 12.6. The van der Waals surface area contributed by atoms with E-state index in [0.717, 1.165) is 0 Å². The second-order valence-corrected chi connectivity index (χ2v) is 7.81. The first kappa shape index (κ1) is 15.7. The van der Waals surface area contributed by atoms with E-state index in [1.807, 2.05) is 0 Å². The zero-order valence-corrected chi connectivity index (χ0v) is 13.4. The number of amides is 1. The Morgan fingerprint density at radius 3 is 2.22 bits per heavy atom. The molecule has 1 aliphatic heterocycles. The van der Waals surface area contributed by atoms with E-state index in [2.05, 4.69) is 4.98 Å². The summed E-state index contributed by atoms with van der Waals surface area (Å²) in [5.41, 5.74) is 0.587. The quantitative estimate of drug-likeness (QED) is 0.865. The van der Waals surface area contributed by atoms with Gasteiger partial charge in [0.2, 0.25) is 0 Å². The summed E-state index contributed by atoms with van der Waals surface area (Å²) < 4.78 is 25.2. The van der Waals surface area contributed by atoms with E-state index >= 15 is 0 Å². The topological polar surface area (TPSA) is 67.3 Å². The van der Waals surface area contributed by atoms with E-state index in [9.17, 15) is 13.2 Å². The molecule has 120 valence electrons. The number of piperidine rings is 1. The van der Waals surface area contributed by atoms with Crippen LogP contribution >= 0.6 is 0 Å². The average molecular weight is 330 g/mol. The van der Waals surface area contributed by atoms with Gasteiger partial charge >= 0.3 is 0 Å². The summed E-state index contributed by atoms with van der Waals surface area (Å²) in [4.78, 5) is 18.4. The summed E-state index contributed by atoms with van der Waals surface area (Å²) in [6.07, 6.45) is 4.10. The zero-order chi connectivity index (χ0) is 16.3.